The van der Waals surface area contributed by atoms with Gasteiger partial charge < -0.3 is 18.1 Å². The van der Waals surface area contributed by atoms with Crippen LogP contribution in [0.15, 0.2) is 97.1 Å². The molecule has 0 bridgehead atoms. The van der Waals surface area contributed by atoms with Crippen LogP contribution in [0.1, 0.15) is 308 Å². The average molecular weight is 1150 g/mol. The van der Waals surface area contributed by atoms with Gasteiger partial charge >= 0.3 is 17.2 Å². The first-order chi connectivity index (χ1) is 39.8. The van der Waals surface area contributed by atoms with Gasteiger partial charge in [0.1, 0.15) is 23.0 Å². The second-order valence-corrected chi connectivity index (χ2v) is 26.1. The average Bonchev–Trinajstić information content (AvgIpc) is 3.48. The molecule has 8 heteroatoms. The normalized spacial score (nSPS) is 12.4. The summed E-state index contributed by atoms with van der Waals surface area (Å²) in [5.74, 6) is 3.07. The Labute approximate surface area is 501 Å². The largest absolute Gasteiger partial charge is 0.463 e. The van der Waals surface area contributed by atoms with Gasteiger partial charge in [-0.2, -0.15) is 0 Å². The van der Waals surface area contributed by atoms with Crippen LogP contribution in [0, 0.1) is 0 Å². The minimum Gasteiger partial charge on any atom is -0.418 e. The van der Waals surface area contributed by atoms with Crippen LogP contribution in [0.5, 0.6) is 23.0 Å². The Kier molecular flexibility index (Phi) is 40.9. The lowest BCUT2D eigenvalue weighted by atomic mass is 9.78. The Morgan fingerprint density at radius 2 is 0.469 bits per heavy atom. The topological polar surface area (TPSA) is 55.4 Å². The van der Waals surface area contributed by atoms with Crippen LogP contribution in [0.3, 0.4) is 0 Å². The number of unbranched alkanes of at least 4 members (excludes halogenated alkanes) is 34. The van der Waals surface area contributed by atoms with E-state index in [1.54, 1.807) is 0 Å². The van der Waals surface area contributed by atoms with Crippen LogP contribution < -0.4 is 18.1 Å². The number of hydrogen-bond donors (Lipinski definition) is 0. The Morgan fingerprint density at radius 3 is 0.716 bits per heavy atom. The third kappa shape index (κ3) is 33.8. The lowest BCUT2D eigenvalue weighted by molar-refractivity contribution is 0.257. The lowest BCUT2D eigenvalue weighted by Crippen LogP contribution is -2.18. The van der Waals surface area contributed by atoms with E-state index >= 15 is 0 Å². The second-order valence-electron chi connectivity index (χ2n) is 24.0. The number of rotatable bonds is 54. The predicted octanol–water partition coefficient (Wildman–Crippen LogP) is 25.4. The fourth-order valence-corrected chi connectivity index (χ4v) is 12.7. The van der Waals surface area contributed by atoms with Gasteiger partial charge in [0.05, 0.1) is 13.2 Å². The summed E-state index contributed by atoms with van der Waals surface area (Å²) in [5, 5.41) is 0. The van der Waals surface area contributed by atoms with E-state index in [0.717, 1.165) is 48.7 Å². The molecule has 2 unspecified atom stereocenters. The molecule has 0 aliphatic heterocycles. The minimum atomic E-state index is -1.65. The van der Waals surface area contributed by atoms with Gasteiger partial charge in [0.25, 0.3) is 0 Å². The van der Waals surface area contributed by atoms with Gasteiger partial charge in [-0.05, 0) is 109 Å². The van der Waals surface area contributed by atoms with Gasteiger partial charge in [-0.25, -0.2) is 0 Å². The molecule has 0 aliphatic carbocycles. The van der Waals surface area contributed by atoms with E-state index in [1.807, 2.05) is 0 Å². The standard InChI is InChI=1S/C73H118O6P2/c1-7-11-15-19-23-25-27-29-31-35-39-43-63-74-80(76-69-55-47-65(48-56-69)45-41-37-33-21-17-13-9-3)78-71-59-51-67(52-60-71)73(5,6)68-53-61-72(62-54-68)79-81(75-64-44-40-36-32-30-28-26-24-20-16-12-8-2)77-70-57-49-66(50-58-70)46-42-38-34-22-18-14-10-4/h47-62H,7-46,63-64H2,1-6H3. The van der Waals surface area contributed by atoms with Crippen LogP contribution >= 0.6 is 17.2 Å². The molecule has 0 N–H and O–H groups in total. The molecule has 81 heavy (non-hydrogen) atoms. The highest BCUT2D eigenvalue weighted by Gasteiger charge is 2.25. The van der Waals surface area contributed by atoms with Crippen LogP contribution in [-0.4, -0.2) is 13.2 Å². The Balaban J connectivity index is 1.32. The van der Waals surface area contributed by atoms with Gasteiger partial charge in [-0.15, -0.1) is 0 Å². The van der Waals surface area contributed by atoms with Crippen molar-refractivity contribution < 1.29 is 27.1 Å². The van der Waals surface area contributed by atoms with Crippen LogP contribution in [0.25, 0.3) is 0 Å². The highest BCUT2D eigenvalue weighted by Crippen LogP contribution is 2.45. The quantitative estimate of drug-likeness (QED) is 0.0324. The van der Waals surface area contributed by atoms with Crippen molar-refractivity contribution >= 4 is 17.2 Å². The molecule has 4 aromatic carbocycles. The highest BCUT2D eigenvalue weighted by atomic mass is 31.2. The molecule has 0 amide bonds. The zero-order valence-corrected chi connectivity index (χ0v) is 54.6. The number of benzene rings is 4. The fourth-order valence-electron chi connectivity index (χ4n) is 10.7. The highest BCUT2D eigenvalue weighted by molar-refractivity contribution is 7.42. The van der Waals surface area contributed by atoms with Crippen LogP contribution in [-0.2, 0) is 27.3 Å². The van der Waals surface area contributed by atoms with E-state index < -0.39 is 17.2 Å². The van der Waals surface area contributed by atoms with Crippen molar-refractivity contribution in [3.05, 3.63) is 119 Å². The van der Waals surface area contributed by atoms with Gasteiger partial charge in [-0.3, -0.25) is 9.05 Å². The zero-order valence-electron chi connectivity index (χ0n) is 52.8. The molecule has 0 saturated heterocycles. The molecule has 0 aromatic heterocycles. The third-order valence-electron chi connectivity index (χ3n) is 16.2. The van der Waals surface area contributed by atoms with E-state index in [0.29, 0.717) is 13.2 Å². The summed E-state index contributed by atoms with van der Waals surface area (Å²) >= 11 is 0. The molecule has 0 aliphatic rings. The van der Waals surface area contributed by atoms with Crippen molar-refractivity contribution in [1.29, 1.82) is 0 Å². The first-order valence-corrected chi connectivity index (χ1v) is 36.0. The minimum absolute atomic E-state index is 0.274. The van der Waals surface area contributed by atoms with Crippen molar-refractivity contribution in [2.24, 2.45) is 0 Å². The Bertz CT molecular complexity index is 1880. The van der Waals surface area contributed by atoms with Gasteiger partial charge in [0.15, 0.2) is 0 Å². The van der Waals surface area contributed by atoms with E-state index in [4.69, 9.17) is 27.1 Å². The Morgan fingerprint density at radius 1 is 0.259 bits per heavy atom. The maximum absolute atomic E-state index is 6.54. The summed E-state index contributed by atoms with van der Waals surface area (Å²) in [6.07, 6.45) is 52.2. The van der Waals surface area contributed by atoms with Crippen molar-refractivity contribution in [2.45, 2.75) is 304 Å². The monoisotopic (exact) mass is 1150 g/mol. The second kappa shape index (κ2) is 47.1. The summed E-state index contributed by atoms with van der Waals surface area (Å²) in [6.45, 7) is 14.9. The fraction of sp³-hybridized carbons (Fsp3) is 0.671. The molecule has 6 nitrogen and oxygen atoms in total. The van der Waals surface area contributed by atoms with Gasteiger partial charge in [0, 0.05) is 5.41 Å². The first kappa shape index (κ1) is 70.3. The van der Waals surface area contributed by atoms with E-state index in [1.165, 1.54) is 253 Å². The number of hydrogen-bond acceptors (Lipinski definition) is 6. The zero-order chi connectivity index (χ0) is 57.5. The Hall–Kier alpha value is -3.14. The molecule has 0 heterocycles. The van der Waals surface area contributed by atoms with Gasteiger partial charge in [-0.1, -0.05) is 308 Å². The van der Waals surface area contributed by atoms with Crippen molar-refractivity contribution in [3.63, 3.8) is 0 Å². The molecule has 4 rings (SSSR count). The number of aryl methyl sites for hydroxylation is 2. The van der Waals surface area contributed by atoms with Crippen LogP contribution in [0.2, 0.25) is 0 Å². The summed E-state index contributed by atoms with van der Waals surface area (Å²) in [4.78, 5) is 0. The molecule has 0 saturated carbocycles. The van der Waals surface area contributed by atoms with Crippen molar-refractivity contribution in [2.75, 3.05) is 13.2 Å². The maximum atomic E-state index is 6.54. The van der Waals surface area contributed by atoms with Crippen LogP contribution in [0.4, 0.5) is 0 Å². The summed E-state index contributed by atoms with van der Waals surface area (Å²) in [6, 6.07) is 34.1. The van der Waals surface area contributed by atoms with E-state index in [9.17, 15) is 0 Å². The smallest absolute Gasteiger partial charge is 0.418 e. The summed E-state index contributed by atoms with van der Waals surface area (Å²) in [5.41, 5.74) is 4.82. The maximum Gasteiger partial charge on any atom is 0.463 e. The SMILES string of the molecule is CCCCCCCCCCCCCCOP(Oc1ccc(CCCCCCCCC)cc1)Oc1ccc(C(C)(C)c2ccc(OP(OCCCCCCCCCCCCCC)Oc3ccc(CCCCCCCCC)cc3)cc2)cc1. The molecule has 456 valence electrons. The lowest BCUT2D eigenvalue weighted by Gasteiger charge is -2.27. The van der Waals surface area contributed by atoms with Crippen molar-refractivity contribution in [1.82, 2.24) is 0 Å². The molecule has 2 atom stereocenters. The molecular formula is C73H118O6P2. The molecule has 0 radical (unpaired) electrons. The molecular weight excluding hydrogens is 1030 g/mol. The predicted molar refractivity (Wildman–Crippen MR) is 352 cm³/mol. The van der Waals surface area contributed by atoms with E-state index in [-0.39, 0.29) is 5.41 Å². The van der Waals surface area contributed by atoms with E-state index in [2.05, 4.69) is 139 Å². The van der Waals surface area contributed by atoms with Crippen molar-refractivity contribution in [3.8, 4) is 23.0 Å². The molecule has 4 aromatic rings. The molecule has 0 spiro atoms. The first-order valence-electron chi connectivity index (χ1n) is 33.8. The third-order valence-corrected chi connectivity index (χ3v) is 18.5. The summed E-state index contributed by atoms with van der Waals surface area (Å²) < 4.78 is 38.9. The van der Waals surface area contributed by atoms with Gasteiger partial charge in [0.2, 0.25) is 0 Å². The molecule has 0 fully saturated rings. The summed E-state index contributed by atoms with van der Waals surface area (Å²) in [7, 11) is -3.29.